The van der Waals surface area contributed by atoms with E-state index in [1.807, 2.05) is 39.8 Å². The van der Waals surface area contributed by atoms with Crippen LogP contribution >= 0.6 is 0 Å². The number of aromatic nitrogens is 2. The molecule has 0 aromatic carbocycles. The Hall–Kier alpha value is -1.17. The van der Waals surface area contributed by atoms with Crippen LogP contribution in [0.2, 0.25) is 0 Å². The molecule has 0 fully saturated rings. The fourth-order valence-electron chi connectivity index (χ4n) is 1.88. The first kappa shape index (κ1) is 16.9. The summed E-state index contributed by atoms with van der Waals surface area (Å²) in [7, 11) is 3.75. The minimum atomic E-state index is -4.24. The molecule has 0 aliphatic carbocycles. The summed E-state index contributed by atoms with van der Waals surface area (Å²) in [6, 6.07) is 0. The van der Waals surface area contributed by atoms with Crippen LogP contribution in [0.1, 0.15) is 43.8 Å². The molecule has 114 valence electrons. The second-order valence-corrected chi connectivity index (χ2v) is 5.76. The molecular weight excluding hydrogens is 267 g/mol. The minimum absolute atomic E-state index is 0.0312. The largest absolute Gasteiger partial charge is 0.393 e. The molecule has 0 saturated carbocycles. The summed E-state index contributed by atoms with van der Waals surface area (Å²) in [4.78, 5) is 10.3. The van der Waals surface area contributed by atoms with Crippen molar-refractivity contribution in [2.75, 3.05) is 14.1 Å². The van der Waals surface area contributed by atoms with Crippen molar-refractivity contribution in [3.05, 3.63) is 23.3 Å². The van der Waals surface area contributed by atoms with Gasteiger partial charge in [-0.3, -0.25) is 0 Å². The normalized spacial score (nSPS) is 14.1. The molecular formula is C14H22F3N3. The first-order chi connectivity index (χ1) is 9.10. The minimum Gasteiger partial charge on any atom is -0.302 e. The first-order valence-electron chi connectivity index (χ1n) is 6.66. The Morgan fingerprint density at radius 3 is 2.25 bits per heavy atom. The summed E-state index contributed by atoms with van der Waals surface area (Å²) in [5.41, 5.74) is 0.699. The third-order valence-corrected chi connectivity index (χ3v) is 3.23. The number of rotatable bonds is 5. The molecule has 0 saturated heterocycles. The van der Waals surface area contributed by atoms with Crippen LogP contribution in [-0.2, 0) is 13.0 Å². The first-order valence-corrected chi connectivity index (χ1v) is 6.66. The summed E-state index contributed by atoms with van der Waals surface area (Å²) < 4.78 is 37.9. The molecule has 0 amide bonds. The molecule has 3 nitrogen and oxygen atoms in total. The highest BCUT2D eigenvalue weighted by Crippen LogP contribution is 2.29. The molecule has 1 atom stereocenters. The highest BCUT2D eigenvalue weighted by molar-refractivity contribution is 5.23. The Balaban J connectivity index is 3.16. The molecule has 1 rings (SSSR count). The van der Waals surface area contributed by atoms with Gasteiger partial charge in [0.25, 0.3) is 0 Å². The topological polar surface area (TPSA) is 29.0 Å². The predicted molar refractivity (Wildman–Crippen MR) is 72.4 cm³/mol. The van der Waals surface area contributed by atoms with Gasteiger partial charge in [-0.25, -0.2) is 9.97 Å². The highest BCUT2D eigenvalue weighted by Gasteiger charge is 2.31. The molecule has 20 heavy (non-hydrogen) atoms. The van der Waals surface area contributed by atoms with Crippen molar-refractivity contribution in [3.8, 4) is 0 Å². The van der Waals surface area contributed by atoms with E-state index in [9.17, 15) is 13.2 Å². The van der Waals surface area contributed by atoms with E-state index in [2.05, 4.69) is 9.97 Å². The van der Waals surface area contributed by atoms with Gasteiger partial charge < -0.3 is 4.90 Å². The Morgan fingerprint density at radius 1 is 1.20 bits per heavy atom. The summed E-state index contributed by atoms with van der Waals surface area (Å²) in [5.74, 6) is 0.753. The standard InChI is InChI=1S/C14H22F3N3/c1-9(2)10(3)13-11(6-14(15,16)17)7-18-12(19-13)8-20(4)5/h7,9-10H,6,8H2,1-5H3. The number of nitrogens with zero attached hydrogens (tertiary/aromatic N) is 3. The Morgan fingerprint density at radius 2 is 1.80 bits per heavy atom. The van der Waals surface area contributed by atoms with E-state index in [1.165, 1.54) is 6.20 Å². The van der Waals surface area contributed by atoms with Gasteiger partial charge >= 0.3 is 6.18 Å². The van der Waals surface area contributed by atoms with Crippen molar-refractivity contribution in [2.45, 2.75) is 45.8 Å². The molecule has 1 heterocycles. The molecule has 0 N–H and O–H groups in total. The van der Waals surface area contributed by atoms with Crippen molar-refractivity contribution < 1.29 is 13.2 Å². The zero-order valence-corrected chi connectivity index (χ0v) is 12.6. The average Bonchev–Trinajstić information content (AvgIpc) is 2.27. The van der Waals surface area contributed by atoms with Crippen LogP contribution in [0.25, 0.3) is 0 Å². The lowest BCUT2D eigenvalue weighted by Crippen LogP contribution is -2.20. The molecule has 6 heteroatoms. The number of hydrogen-bond donors (Lipinski definition) is 0. The third kappa shape index (κ3) is 5.07. The summed E-state index contributed by atoms with van der Waals surface area (Å²) in [6.07, 6.45) is -3.88. The predicted octanol–water partition coefficient (Wildman–Crippen LogP) is 3.40. The maximum atomic E-state index is 12.6. The number of alkyl halides is 3. The lowest BCUT2D eigenvalue weighted by molar-refractivity contribution is -0.127. The number of hydrogen-bond acceptors (Lipinski definition) is 3. The Bertz CT molecular complexity index is 442. The third-order valence-electron chi connectivity index (χ3n) is 3.23. The molecule has 1 aromatic rings. The molecule has 0 aliphatic rings. The van der Waals surface area contributed by atoms with Crippen LogP contribution in [-0.4, -0.2) is 35.1 Å². The zero-order chi connectivity index (χ0) is 15.5. The molecule has 0 bridgehead atoms. The Labute approximate surface area is 118 Å². The van der Waals surface area contributed by atoms with E-state index in [0.29, 0.717) is 18.1 Å². The van der Waals surface area contributed by atoms with Gasteiger partial charge in [0.1, 0.15) is 5.82 Å². The van der Waals surface area contributed by atoms with Crippen LogP contribution in [0, 0.1) is 5.92 Å². The van der Waals surface area contributed by atoms with Crippen LogP contribution in [0.5, 0.6) is 0 Å². The maximum Gasteiger partial charge on any atom is 0.393 e. The van der Waals surface area contributed by atoms with Crippen molar-refractivity contribution in [1.29, 1.82) is 0 Å². The van der Waals surface area contributed by atoms with E-state index in [4.69, 9.17) is 0 Å². The molecule has 0 spiro atoms. The van der Waals surface area contributed by atoms with E-state index >= 15 is 0 Å². The van der Waals surface area contributed by atoms with Gasteiger partial charge in [0.15, 0.2) is 0 Å². The fraction of sp³-hybridized carbons (Fsp3) is 0.714. The maximum absolute atomic E-state index is 12.6. The van der Waals surface area contributed by atoms with Crippen LogP contribution < -0.4 is 0 Å². The van der Waals surface area contributed by atoms with E-state index < -0.39 is 12.6 Å². The van der Waals surface area contributed by atoms with E-state index in [0.717, 1.165) is 0 Å². The lowest BCUT2D eigenvalue weighted by atomic mass is 9.91. The average molecular weight is 289 g/mol. The van der Waals surface area contributed by atoms with Crippen molar-refractivity contribution in [2.24, 2.45) is 5.92 Å². The van der Waals surface area contributed by atoms with Crippen LogP contribution in [0.15, 0.2) is 6.20 Å². The van der Waals surface area contributed by atoms with Gasteiger partial charge in [0.05, 0.1) is 18.7 Å². The van der Waals surface area contributed by atoms with Gasteiger partial charge in [0.2, 0.25) is 0 Å². The van der Waals surface area contributed by atoms with Gasteiger partial charge in [-0.2, -0.15) is 13.2 Å². The second-order valence-electron chi connectivity index (χ2n) is 5.76. The van der Waals surface area contributed by atoms with Gasteiger partial charge in [-0.15, -0.1) is 0 Å². The Kier molecular flexibility index (Phi) is 5.50. The molecule has 0 radical (unpaired) electrons. The van der Waals surface area contributed by atoms with Gasteiger partial charge in [-0.1, -0.05) is 20.8 Å². The zero-order valence-electron chi connectivity index (χ0n) is 12.6. The summed E-state index contributed by atoms with van der Waals surface area (Å²) in [5, 5.41) is 0. The van der Waals surface area contributed by atoms with Crippen LogP contribution in [0.3, 0.4) is 0 Å². The van der Waals surface area contributed by atoms with Crippen molar-refractivity contribution >= 4 is 0 Å². The van der Waals surface area contributed by atoms with Crippen LogP contribution in [0.4, 0.5) is 13.2 Å². The molecule has 1 aromatic heterocycles. The summed E-state index contributed by atoms with van der Waals surface area (Å²) in [6.45, 7) is 6.39. The monoisotopic (exact) mass is 289 g/mol. The molecule has 1 unspecified atom stereocenters. The van der Waals surface area contributed by atoms with Gasteiger partial charge in [0, 0.05) is 17.7 Å². The lowest BCUT2D eigenvalue weighted by Gasteiger charge is -2.20. The number of halogens is 3. The quantitative estimate of drug-likeness (QED) is 0.832. The SMILES string of the molecule is CC(C)C(C)c1nc(CN(C)C)ncc1CC(F)(F)F. The fourth-order valence-corrected chi connectivity index (χ4v) is 1.88. The van der Waals surface area contributed by atoms with E-state index in [1.54, 1.807) is 0 Å². The summed E-state index contributed by atoms with van der Waals surface area (Å²) >= 11 is 0. The van der Waals surface area contributed by atoms with Crippen molar-refractivity contribution in [1.82, 2.24) is 14.9 Å². The molecule has 0 aliphatic heterocycles. The van der Waals surface area contributed by atoms with Gasteiger partial charge in [-0.05, 0) is 20.0 Å². The highest BCUT2D eigenvalue weighted by atomic mass is 19.4. The van der Waals surface area contributed by atoms with E-state index in [-0.39, 0.29) is 17.4 Å². The second kappa shape index (κ2) is 6.52. The van der Waals surface area contributed by atoms with Crippen molar-refractivity contribution in [3.63, 3.8) is 0 Å². The smallest absolute Gasteiger partial charge is 0.302 e.